The van der Waals surface area contributed by atoms with Gasteiger partial charge in [0.2, 0.25) is 5.95 Å². The molecular formula is C8H14N4O. The van der Waals surface area contributed by atoms with Crippen molar-refractivity contribution in [3.8, 4) is 0 Å². The molecule has 0 amide bonds. The van der Waals surface area contributed by atoms with Crippen LogP contribution in [0.1, 0.15) is 0 Å². The summed E-state index contributed by atoms with van der Waals surface area (Å²) in [5.74, 6) is 1.10. The molecule has 0 atom stereocenters. The summed E-state index contributed by atoms with van der Waals surface area (Å²) >= 11 is 0. The first-order valence-electron chi connectivity index (χ1n) is 4.02. The molecule has 2 N–H and O–H groups in total. The maximum Gasteiger partial charge on any atom is 0.221 e. The van der Waals surface area contributed by atoms with Crippen LogP contribution in [0, 0.1) is 0 Å². The number of anilines is 2. The van der Waals surface area contributed by atoms with Crippen LogP contribution in [-0.2, 0) is 4.74 Å². The van der Waals surface area contributed by atoms with E-state index in [1.165, 1.54) is 0 Å². The number of methoxy groups -OCH3 is 1. The number of nitrogens with zero attached hydrogens (tertiary/aromatic N) is 3. The first-order valence-corrected chi connectivity index (χ1v) is 4.02. The van der Waals surface area contributed by atoms with E-state index in [1.54, 1.807) is 13.3 Å². The smallest absolute Gasteiger partial charge is 0.221 e. The molecule has 5 nitrogen and oxygen atoms in total. The molecule has 0 aromatic carbocycles. The van der Waals surface area contributed by atoms with Gasteiger partial charge in [-0.3, -0.25) is 0 Å². The molecule has 1 heterocycles. The van der Waals surface area contributed by atoms with E-state index in [-0.39, 0.29) is 0 Å². The van der Waals surface area contributed by atoms with E-state index >= 15 is 0 Å². The van der Waals surface area contributed by atoms with E-state index < -0.39 is 0 Å². The number of nitrogens with two attached hydrogens (primary N) is 1. The summed E-state index contributed by atoms with van der Waals surface area (Å²) in [6.07, 6.45) is 1.64. The summed E-state index contributed by atoms with van der Waals surface area (Å²) in [6.45, 7) is 1.45. The molecule has 0 saturated carbocycles. The van der Waals surface area contributed by atoms with Crippen molar-refractivity contribution in [2.24, 2.45) is 0 Å². The van der Waals surface area contributed by atoms with Gasteiger partial charge >= 0.3 is 0 Å². The third kappa shape index (κ3) is 2.87. The van der Waals surface area contributed by atoms with Gasteiger partial charge in [0.25, 0.3) is 0 Å². The summed E-state index contributed by atoms with van der Waals surface area (Å²) in [4.78, 5) is 9.83. The number of hydrogen-bond acceptors (Lipinski definition) is 5. The maximum absolute atomic E-state index is 5.44. The Morgan fingerprint density at radius 3 is 3.00 bits per heavy atom. The molecule has 5 heteroatoms. The number of likely N-dealkylation sites (N-methyl/N-ethyl adjacent to an activating group) is 1. The molecule has 0 aliphatic rings. The molecule has 0 unspecified atom stereocenters. The van der Waals surface area contributed by atoms with E-state index in [4.69, 9.17) is 10.5 Å². The topological polar surface area (TPSA) is 64.3 Å². The second-order valence-electron chi connectivity index (χ2n) is 2.69. The lowest BCUT2D eigenvalue weighted by Crippen LogP contribution is -2.23. The first-order chi connectivity index (χ1) is 6.24. The van der Waals surface area contributed by atoms with Crippen LogP contribution in [0.15, 0.2) is 12.3 Å². The van der Waals surface area contributed by atoms with Crippen molar-refractivity contribution in [3.63, 3.8) is 0 Å². The van der Waals surface area contributed by atoms with E-state index in [0.717, 1.165) is 12.4 Å². The third-order valence-corrected chi connectivity index (χ3v) is 1.68. The van der Waals surface area contributed by atoms with Crippen LogP contribution in [0.4, 0.5) is 11.8 Å². The van der Waals surface area contributed by atoms with E-state index in [1.807, 2.05) is 18.0 Å². The molecule has 1 aromatic rings. The SMILES string of the molecule is COCCN(C)c1ccnc(N)n1. The van der Waals surface area contributed by atoms with Crippen molar-refractivity contribution in [2.75, 3.05) is 37.9 Å². The van der Waals surface area contributed by atoms with Crippen molar-refractivity contribution in [1.29, 1.82) is 0 Å². The fourth-order valence-electron chi connectivity index (χ4n) is 0.919. The van der Waals surface area contributed by atoms with Crippen molar-refractivity contribution < 1.29 is 4.74 Å². The van der Waals surface area contributed by atoms with Gasteiger partial charge in [-0.15, -0.1) is 0 Å². The summed E-state index contributed by atoms with van der Waals surface area (Å²) in [7, 11) is 3.60. The maximum atomic E-state index is 5.44. The number of rotatable bonds is 4. The Labute approximate surface area is 77.5 Å². The van der Waals surface area contributed by atoms with Crippen molar-refractivity contribution in [1.82, 2.24) is 9.97 Å². The number of aromatic nitrogens is 2. The monoisotopic (exact) mass is 182 g/mol. The van der Waals surface area contributed by atoms with Gasteiger partial charge in [0.05, 0.1) is 6.61 Å². The fourth-order valence-corrected chi connectivity index (χ4v) is 0.919. The quantitative estimate of drug-likeness (QED) is 0.717. The Morgan fingerprint density at radius 2 is 2.38 bits per heavy atom. The second-order valence-corrected chi connectivity index (χ2v) is 2.69. The van der Waals surface area contributed by atoms with Crippen LogP contribution in [0.2, 0.25) is 0 Å². The molecule has 1 aromatic heterocycles. The molecule has 0 fully saturated rings. The minimum atomic E-state index is 0.293. The van der Waals surface area contributed by atoms with Gasteiger partial charge in [0.1, 0.15) is 5.82 Å². The summed E-state index contributed by atoms with van der Waals surface area (Å²) in [5, 5.41) is 0. The lowest BCUT2D eigenvalue weighted by molar-refractivity contribution is 0.206. The molecule has 0 aliphatic heterocycles. The van der Waals surface area contributed by atoms with Crippen molar-refractivity contribution in [3.05, 3.63) is 12.3 Å². The van der Waals surface area contributed by atoms with Gasteiger partial charge in [0, 0.05) is 26.9 Å². The van der Waals surface area contributed by atoms with Gasteiger partial charge < -0.3 is 15.4 Å². The molecule has 1 rings (SSSR count). The van der Waals surface area contributed by atoms with Gasteiger partial charge in [-0.2, -0.15) is 4.98 Å². The Bertz CT molecular complexity index is 266. The summed E-state index contributed by atoms with van der Waals surface area (Å²) in [6, 6.07) is 1.81. The summed E-state index contributed by atoms with van der Waals surface area (Å²) < 4.78 is 4.95. The predicted octanol–water partition coefficient (Wildman–Crippen LogP) is 0.141. The molecule has 0 aliphatic carbocycles. The van der Waals surface area contributed by atoms with Crippen LogP contribution in [0.3, 0.4) is 0 Å². The van der Waals surface area contributed by atoms with E-state index in [2.05, 4.69) is 9.97 Å². The standard InChI is InChI=1S/C8H14N4O/c1-12(5-6-13-2)7-3-4-10-8(9)11-7/h3-4H,5-6H2,1-2H3,(H2,9,10,11). The normalized spacial score (nSPS) is 10.0. The molecule has 0 radical (unpaired) electrons. The van der Waals surface area contributed by atoms with Crippen LogP contribution < -0.4 is 10.6 Å². The number of nitrogen functional groups attached to an aromatic ring is 1. The second kappa shape index (κ2) is 4.61. The first kappa shape index (κ1) is 9.73. The highest BCUT2D eigenvalue weighted by molar-refractivity contribution is 5.39. The highest BCUT2D eigenvalue weighted by Gasteiger charge is 2.01. The molecule has 72 valence electrons. The van der Waals surface area contributed by atoms with Crippen molar-refractivity contribution in [2.45, 2.75) is 0 Å². The Morgan fingerprint density at radius 1 is 1.62 bits per heavy atom. The highest BCUT2D eigenvalue weighted by Crippen LogP contribution is 2.07. The largest absolute Gasteiger partial charge is 0.383 e. The minimum absolute atomic E-state index is 0.293. The lowest BCUT2D eigenvalue weighted by Gasteiger charge is -2.16. The van der Waals surface area contributed by atoms with Crippen LogP contribution >= 0.6 is 0 Å². The van der Waals surface area contributed by atoms with Gasteiger partial charge in [-0.1, -0.05) is 0 Å². The van der Waals surface area contributed by atoms with Gasteiger partial charge in [-0.05, 0) is 6.07 Å². The van der Waals surface area contributed by atoms with E-state index in [0.29, 0.717) is 12.6 Å². The number of ether oxygens (including phenoxy) is 1. The summed E-state index contributed by atoms with van der Waals surface area (Å²) in [5.41, 5.74) is 5.44. The lowest BCUT2D eigenvalue weighted by atomic mass is 10.5. The average molecular weight is 182 g/mol. The van der Waals surface area contributed by atoms with Crippen molar-refractivity contribution >= 4 is 11.8 Å². The molecule has 0 spiro atoms. The van der Waals surface area contributed by atoms with Gasteiger partial charge in [-0.25, -0.2) is 4.98 Å². The predicted molar refractivity (Wildman–Crippen MR) is 51.6 cm³/mol. The zero-order chi connectivity index (χ0) is 9.68. The fraction of sp³-hybridized carbons (Fsp3) is 0.500. The van der Waals surface area contributed by atoms with Crippen LogP contribution in [-0.4, -0.2) is 37.3 Å². The zero-order valence-corrected chi connectivity index (χ0v) is 7.90. The van der Waals surface area contributed by atoms with Gasteiger partial charge in [0.15, 0.2) is 0 Å². The molecule has 13 heavy (non-hydrogen) atoms. The Hall–Kier alpha value is -1.36. The molecular weight excluding hydrogens is 168 g/mol. The number of hydrogen-bond donors (Lipinski definition) is 1. The highest BCUT2D eigenvalue weighted by atomic mass is 16.5. The third-order valence-electron chi connectivity index (χ3n) is 1.68. The van der Waals surface area contributed by atoms with E-state index in [9.17, 15) is 0 Å². The minimum Gasteiger partial charge on any atom is -0.383 e. The molecule has 0 bridgehead atoms. The van der Waals surface area contributed by atoms with Crippen LogP contribution in [0.25, 0.3) is 0 Å². The Balaban J connectivity index is 2.60. The Kier molecular flexibility index (Phi) is 3.45. The molecule has 0 saturated heterocycles. The zero-order valence-electron chi connectivity index (χ0n) is 7.90. The van der Waals surface area contributed by atoms with Crippen LogP contribution in [0.5, 0.6) is 0 Å². The average Bonchev–Trinajstić information content (AvgIpc) is 2.14.